The first-order chi connectivity index (χ1) is 5.70. The van der Waals surface area contributed by atoms with Crippen molar-refractivity contribution in [2.24, 2.45) is 0 Å². The van der Waals surface area contributed by atoms with Crippen molar-refractivity contribution < 1.29 is 19.4 Å². The summed E-state index contributed by atoms with van der Waals surface area (Å²) in [5, 5.41) is 8.07. The molecule has 1 heterocycles. The maximum atomic E-state index is 10.0. The number of ether oxygens (including phenoxy) is 1. The number of carbonyl (C=O) groups is 2. The molecular formula is C8H14O4. The van der Waals surface area contributed by atoms with Gasteiger partial charge in [0, 0.05) is 6.61 Å². The van der Waals surface area contributed by atoms with Gasteiger partial charge in [0.1, 0.15) is 0 Å². The van der Waals surface area contributed by atoms with E-state index in [0.29, 0.717) is 6.61 Å². The summed E-state index contributed by atoms with van der Waals surface area (Å²) in [5.41, 5.74) is 0. The summed E-state index contributed by atoms with van der Waals surface area (Å²) in [7, 11) is 0. The lowest BCUT2D eigenvalue weighted by Crippen LogP contribution is -1.94. The van der Waals surface area contributed by atoms with Crippen molar-refractivity contribution in [1.82, 2.24) is 0 Å². The van der Waals surface area contributed by atoms with Gasteiger partial charge in [-0.2, -0.15) is 0 Å². The molecule has 0 saturated carbocycles. The molecule has 0 atom stereocenters. The number of cyclic esters (lactones) is 2. The Balaban J connectivity index is 0.000000217. The predicted octanol–water partition coefficient (Wildman–Crippen LogP) is 0.629. The van der Waals surface area contributed by atoms with Gasteiger partial charge in [-0.3, -0.25) is 9.59 Å². The Morgan fingerprint density at radius 2 is 1.83 bits per heavy atom. The van der Waals surface area contributed by atoms with Gasteiger partial charge in [0.2, 0.25) is 0 Å². The molecule has 4 heteroatoms. The number of carbonyl (C=O) groups excluding carboxylic acids is 2. The van der Waals surface area contributed by atoms with Crippen molar-refractivity contribution in [3.05, 3.63) is 0 Å². The van der Waals surface area contributed by atoms with E-state index in [2.05, 4.69) is 11.7 Å². The lowest BCUT2D eigenvalue weighted by molar-refractivity contribution is -0.151. The second kappa shape index (κ2) is 6.79. The highest BCUT2D eigenvalue weighted by Gasteiger charge is 2.19. The van der Waals surface area contributed by atoms with Crippen molar-refractivity contribution in [2.75, 3.05) is 6.61 Å². The maximum absolute atomic E-state index is 10.0. The van der Waals surface area contributed by atoms with E-state index in [-0.39, 0.29) is 12.8 Å². The molecule has 1 fully saturated rings. The zero-order valence-corrected chi connectivity index (χ0v) is 7.21. The third kappa shape index (κ3) is 5.85. The first-order valence-corrected chi connectivity index (χ1v) is 4.05. The molecule has 0 spiro atoms. The highest BCUT2D eigenvalue weighted by molar-refractivity contribution is 5.92. The van der Waals surface area contributed by atoms with E-state index in [1.54, 1.807) is 0 Å². The fraction of sp³-hybridized carbons (Fsp3) is 0.750. The first-order valence-electron chi connectivity index (χ1n) is 4.05. The van der Waals surface area contributed by atoms with Crippen LogP contribution in [-0.2, 0) is 14.3 Å². The number of esters is 2. The van der Waals surface area contributed by atoms with Crippen LogP contribution in [0.15, 0.2) is 0 Å². The minimum Gasteiger partial charge on any atom is -0.396 e. The highest BCUT2D eigenvalue weighted by atomic mass is 16.6. The molecule has 70 valence electrons. The third-order valence-corrected chi connectivity index (χ3v) is 1.27. The summed E-state index contributed by atoms with van der Waals surface area (Å²) in [4.78, 5) is 20.0. The summed E-state index contributed by atoms with van der Waals surface area (Å²) < 4.78 is 4.08. The van der Waals surface area contributed by atoms with Crippen molar-refractivity contribution >= 4 is 11.9 Å². The molecule has 4 nitrogen and oxygen atoms in total. The van der Waals surface area contributed by atoms with Crippen molar-refractivity contribution in [3.8, 4) is 0 Å². The lowest BCUT2D eigenvalue weighted by atomic mass is 10.4. The van der Waals surface area contributed by atoms with Crippen molar-refractivity contribution in [3.63, 3.8) is 0 Å². The Kier molecular flexibility index (Phi) is 6.28. The van der Waals surface area contributed by atoms with Gasteiger partial charge >= 0.3 is 11.9 Å². The fourth-order valence-electron chi connectivity index (χ4n) is 0.591. The summed E-state index contributed by atoms with van der Waals surface area (Å²) in [5.74, 6) is -0.796. The van der Waals surface area contributed by atoms with Gasteiger partial charge in [0.25, 0.3) is 0 Å². The molecule has 1 N–H and O–H groups in total. The molecule has 0 aromatic rings. The number of rotatable bonds is 2. The first kappa shape index (κ1) is 11.1. The molecular weight excluding hydrogens is 160 g/mol. The Morgan fingerprint density at radius 1 is 1.33 bits per heavy atom. The van der Waals surface area contributed by atoms with Crippen LogP contribution in [0.5, 0.6) is 0 Å². The molecule has 0 aromatic carbocycles. The van der Waals surface area contributed by atoms with E-state index in [1.165, 1.54) is 0 Å². The Hall–Kier alpha value is -0.900. The van der Waals surface area contributed by atoms with Gasteiger partial charge in [-0.1, -0.05) is 13.3 Å². The number of hydrogen-bond acceptors (Lipinski definition) is 4. The van der Waals surface area contributed by atoms with Crippen LogP contribution in [0.1, 0.15) is 32.6 Å². The van der Waals surface area contributed by atoms with E-state index in [9.17, 15) is 9.59 Å². The van der Waals surface area contributed by atoms with E-state index in [0.717, 1.165) is 12.8 Å². The minimum absolute atomic E-state index is 0.263. The molecule has 12 heavy (non-hydrogen) atoms. The van der Waals surface area contributed by atoms with Gasteiger partial charge in [-0.25, -0.2) is 0 Å². The van der Waals surface area contributed by atoms with Gasteiger partial charge in [-0.15, -0.1) is 0 Å². The van der Waals surface area contributed by atoms with Crippen LogP contribution in [0.2, 0.25) is 0 Å². The van der Waals surface area contributed by atoms with Gasteiger partial charge in [0.15, 0.2) is 0 Å². The van der Waals surface area contributed by atoms with Gasteiger partial charge in [0.05, 0.1) is 12.8 Å². The molecule has 1 aliphatic rings. The smallest absolute Gasteiger partial charge is 0.314 e. The number of aliphatic hydroxyl groups excluding tert-OH is 1. The summed E-state index contributed by atoms with van der Waals surface area (Å²) >= 11 is 0. The molecule has 0 bridgehead atoms. The van der Waals surface area contributed by atoms with E-state index in [1.807, 2.05) is 0 Å². The normalized spacial score (nSPS) is 15.2. The Morgan fingerprint density at radius 3 is 1.92 bits per heavy atom. The average molecular weight is 174 g/mol. The fourth-order valence-corrected chi connectivity index (χ4v) is 0.591. The largest absolute Gasteiger partial charge is 0.396 e. The summed E-state index contributed by atoms with van der Waals surface area (Å²) in [6.45, 7) is 2.40. The van der Waals surface area contributed by atoms with Crippen LogP contribution in [0.3, 0.4) is 0 Å². The zero-order valence-electron chi connectivity index (χ0n) is 7.21. The minimum atomic E-state index is -0.398. The number of unbranched alkanes of at least 4 members (excludes halogenated alkanes) is 1. The summed E-state index contributed by atoms with van der Waals surface area (Å²) in [6.07, 6.45) is 2.56. The van der Waals surface area contributed by atoms with E-state index >= 15 is 0 Å². The second-order valence-electron chi connectivity index (χ2n) is 2.42. The molecule has 1 rings (SSSR count). The van der Waals surface area contributed by atoms with Crippen LogP contribution in [0.25, 0.3) is 0 Å². The molecule has 0 aliphatic carbocycles. The molecule has 0 aromatic heterocycles. The van der Waals surface area contributed by atoms with E-state index in [4.69, 9.17) is 5.11 Å². The van der Waals surface area contributed by atoms with Gasteiger partial charge in [-0.05, 0) is 6.42 Å². The van der Waals surface area contributed by atoms with Crippen LogP contribution in [-0.4, -0.2) is 23.7 Å². The molecule has 1 saturated heterocycles. The Labute approximate surface area is 71.5 Å². The van der Waals surface area contributed by atoms with Crippen molar-refractivity contribution in [2.45, 2.75) is 32.6 Å². The van der Waals surface area contributed by atoms with Crippen molar-refractivity contribution in [1.29, 1.82) is 0 Å². The maximum Gasteiger partial charge on any atom is 0.314 e. The van der Waals surface area contributed by atoms with Gasteiger partial charge < -0.3 is 9.84 Å². The van der Waals surface area contributed by atoms with Crippen LogP contribution < -0.4 is 0 Å². The zero-order chi connectivity index (χ0) is 9.40. The molecule has 0 amide bonds. The predicted molar refractivity (Wildman–Crippen MR) is 42.3 cm³/mol. The summed E-state index contributed by atoms with van der Waals surface area (Å²) in [6, 6.07) is 0. The standard InChI is InChI=1S/C4H4O3.C4H10O/c5-3-1-2-4(6)7-3;1-2-3-4-5/h1-2H2;5H,2-4H2,1H3. The molecule has 1 aliphatic heterocycles. The van der Waals surface area contributed by atoms with Crippen LogP contribution in [0, 0.1) is 0 Å². The quantitative estimate of drug-likeness (QED) is 0.492. The third-order valence-electron chi connectivity index (χ3n) is 1.27. The molecule has 0 unspecified atom stereocenters. The van der Waals surface area contributed by atoms with E-state index < -0.39 is 11.9 Å². The lowest BCUT2D eigenvalue weighted by Gasteiger charge is -1.79. The second-order valence-corrected chi connectivity index (χ2v) is 2.42. The van der Waals surface area contributed by atoms with Crippen LogP contribution >= 0.6 is 0 Å². The molecule has 0 radical (unpaired) electrons. The topological polar surface area (TPSA) is 63.6 Å². The highest BCUT2D eigenvalue weighted by Crippen LogP contribution is 2.03. The van der Waals surface area contributed by atoms with Crippen LogP contribution in [0.4, 0.5) is 0 Å². The SMILES string of the molecule is CCCCO.O=C1CCC(=O)O1. The number of aliphatic hydroxyl groups is 1. The monoisotopic (exact) mass is 174 g/mol. The Bertz CT molecular complexity index is 137. The average Bonchev–Trinajstić information content (AvgIpc) is 2.38. The number of hydrogen-bond donors (Lipinski definition) is 1.